The first-order valence-corrected chi connectivity index (χ1v) is 7.02. The number of carbonyl (C=O) groups excluding carboxylic acids is 1. The van der Waals surface area contributed by atoms with Crippen molar-refractivity contribution in [2.45, 2.75) is 32.7 Å². The predicted molar refractivity (Wildman–Crippen MR) is 79.4 cm³/mol. The molecule has 20 heavy (non-hydrogen) atoms. The minimum Gasteiger partial charge on any atom is -0.384 e. The highest BCUT2D eigenvalue weighted by Gasteiger charge is 2.32. The molecule has 0 saturated heterocycles. The summed E-state index contributed by atoms with van der Waals surface area (Å²) in [7, 11) is 1.88. The number of benzene rings is 1. The summed E-state index contributed by atoms with van der Waals surface area (Å²) in [5, 5.41) is 8.72. The van der Waals surface area contributed by atoms with Gasteiger partial charge in [-0.3, -0.25) is 4.79 Å². The van der Waals surface area contributed by atoms with Gasteiger partial charge in [0.05, 0.1) is 0 Å². The van der Waals surface area contributed by atoms with Crippen molar-refractivity contribution >= 4 is 5.91 Å². The van der Waals surface area contributed by atoms with Crippen LogP contribution in [0, 0.1) is 24.7 Å². The molecule has 1 atom stereocenters. The number of aliphatic hydroxyl groups excluding tert-OH is 1. The van der Waals surface area contributed by atoms with E-state index in [9.17, 15) is 4.79 Å². The molecule has 1 aromatic rings. The fourth-order valence-corrected chi connectivity index (χ4v) is 2.36. The number of aliphatic hydroxyl groups is 1. The summed E-state index contributed by atoms with van der Waals surface area (Å²) in [5.74, 6) is 6.24. The van der Waals surface area contributed by atoms with E-state index >= 15 is 0 Å². The van der Waals surface area contributed by atoms with Gasteiger partial charge in [0.1, 0.15) is 6.61 Å². The van der Waals surface area contributed by atoms with Crippen LogP contribution in [-0.2, 0) is 0 Å². The number of aryl methyl sites for hydroxylation is 1. The predicted octanol–water partition coefficient (Wildman–Crippen LogP) is 2.21. The summed E-state index contributed by atoms with van der Waals surface area (Å²) in [4.78, 5) is 14.3. The summed E-state index contributed by atoms with van der Waals surface area (Å²) in [5.41, 5.74) is 2.52. The van der Waals surface area contributed by atoms with Crippen molar-refractivity contribution in [3.8, 4) is 11.8 Å². The molecule has 1 N–H and O–H groups in total. The van der Waals surface area contributed by atoms with Crippen LogP contribution in [0.2, 0.25) is 0 Å². The van der Waals surface area contributed by atoms with E-state index in [2.05, 4.69) is 18.8 Å². The fourth-order valence-electron chi connectivity index (χ4n) is 2.36. The molecule has 0 bridgehead atoms. The van der Waals surface area contributed by atoms with E-state index in [1.807, 2.05) is 37.1 Å². The third kappa shape index (κ3) is 3.20. The standard InChI is InChI=1S/C17H21NO2/c1-12-11-16(9-6-14(12)5-4-10-19)17(20)18(3)13(2)15-7-8-15/h6,9,11,13,15,19H,7-8,10H2,1-3H3. The van der Waals surface area contributed by atoms with Gasteiger partial charge < -0.3 is 10.0 Å². The summed E-state index contributed by atoms with van der Waals surface area (Å²) in [6, 6.07) is 5.84. The fraction of sp³-hybridized carbons (Fsp3) is 0.471. The lowest BCUT2D eigenvalue weighted by Crippen LogP contribution is -2.36. The molecule has 1 fully saturated rings. The van der Waals surface area contributed by atoms with E-state index in [1.165, 1.54) is 12.8 Å². The van der Waals surface area contributed by atoms with Gasteiger partial charge in [0.15, 0.2) is 0 Å². The van der Waals surface area contributed by atoms with E-state index in [0.29, 0.717) is 17.5 Å². The average molecular weight is 271 g/mol. The van der Waals surface area contributed by atoms with Gasteiger partial charge in [-0.1, -0.05) is 11.8 Å². The molecule has 0 spiro atoms. The van der Waals surface area contributed by atoms with Gasteiger partial charge in [0.2, 0.25) is 0 Å². The summed E-state index contributed by atoms with van der Waals surface area (Å²) >= 11 is 0. The summed E-state index contributed by atoms with van der Waals surface area (Å²) in [6.45, 7) is 3.90. The van der Waals surface area contributed by atoms with Gasteiger partial charge in [-0.25, -0.2) is 0 Å². The second-order valence-corrected chi connectivity index (χ2v) is 5.48. The topological polar surface area (TPSA) is 40.5 Å². The molecule has 0 aliphatic heterocycles. The molecular formula is C17H21NO2. The molecule has 1 saturated carbocycles. The number of nitrogens with zero attached hydrogens (tertiary/aromatic N) is 1. The lowest BCUT2D eigenvalue weighted by Gasteiger charge is -2.25. The highest BCUT2D eigenvalue weighted by molar-refractivity contribution is 5.94. The van der Waals surface area contributed by atoms with Crippen molar-refractivity contribution < 1.29 is 9.90 Å². The molecule has 0 heterocycles. The third-order valence-corrected chi connectivity index (χ3v) is 4.01. The van der Waals surface area contributed by atoms with Crippen molar-refractivity contribution in [1.29, 1.82) is 0 Å². The quantitative estimate of drug-likeness (QED) is 0.856. The Morgan fingerprint density at radius 3 is 2.75 bits per heavy atom. The second kappa shape index (κ2) is 6.11. The summed E-state index contributed by atoms with van der Waals surface area (Å²) in [6.07, 6.45) is 2.46. The Morgan fingerprint density at radius 1 is 1.50 bits per heavy atom. The normalized spacial score (nSPS) is 15.2. The molecule has 3 nitrogen and oxygen atoms in total. The molecule has 1 amide bonds. The molecule has 0 radical (unpaired) electrons. The Bertz CT molecular complexity index is 564. The van der Waals surface area contributed by atoms with Crippen molar-refractivity contribution in [1.82, 2.24) is 4.90 Å². The maximum Gasteiger partial charge on any atom is 0.253 e. The molecular weight excluding hydrogens is 250 g/mol. The van der Waals surface area contributed by atoms with Crippen LogP contribution in [0.5, 0.6) is 0 Å². The van der Waals surface area contributed by atoms with Crippen molar-refractivity contribution in [2.75, 3.05) is 13.7 Å². The zero-order chi connectivity index (χ0) is 14.7. The van der Waals surface area contributed by atoms with Crippen LogP contribution in [0.15, 0.2) is 18.2 Å². The Kier molecular flexibility index (Phi) is 4.46. The second-order valence-electron chi connectivity index (χ2n) is 5.48. The number of amides is 1. The minimum atomic E-state index is -0.151. The molecule has 0 aromatic heterocycles. The maximum atomic E-state index is 12.4. The largest absolute Gasteiger partial charge is 0.384 e. The SMILES string of the molecule is Cc1cc(C(=O)N(C)C(C)C2CC2)ccc1C#CCO. The van der Waals surface area contributed by atoms with Gasteiger partial charge in [0, 0.05) is 24.2 Å². The van der Waals surface area contributed by atoms with Gasteiger partial charge in [0.25, 0.3) is 5.91 Å². The average Bonchev–Trinajstić information content (AvgIpc) is 3.28. The van der Waals surface area contributed by atoms with Crippen LogP contribution < -0.4 is 0 Å². The van der Waals surface area contributed by atoms with Crippen molar-refractivity contribution in [2.24, 2.45) is 5.92 Å². The molecule has 1 aliphatic rings. The molecule has 3 heteroatoms. The third-order valence-electron chi connectivity index (χ3n) is 4.01. The van der Waals surface area contributed by atoms with E-state index < -0.39 is 0 Å². The van der Waals surface area contributed by atoms with E-state index in [4.69, 9.17) is 5.11 Å². The molecule has 1 aliphatic carbocycles. The lowest BCUT2D eigenvalue weighted by atomic mass is 10.0. The van der Waals surface area contributed by atoms with Crippen molar-refractivity contribution in [3.05, 3.63) is 34.9 Å². The number of carbonyl (C=O) groups is 1. The zero-order valence-corrected chi connectivity index (χ0v) is 12.3. The van der Waals surface area contributed by atoms with Crippen LogP contribution in [0.1, 0.15) is 41.3 Å². The van der Waals surface area contributed by atoms with Crippen molar-refractivity contribution in [3.63, 3.8) is 0 Å². The van der Waals surface area contributed by atoms with E-state index in [-0.39, 0.29) is 12.5 Å². The monoisotopic (exact) mass is 271 g/mol. The Morgan fingerprint density at radius 2 is 2.20 bits per heavy atom. The summed E-state index contributed by atoms with van der Waals surface area (Å²) < 4.78 is 0. The van der Waals surface area contributed by atoms with E-state index in [0.717, 1.165) is 11.1 Å². The number of hydrogen-bond donors (Lipinski definition) is 1. The van der Waals surface area contributed by atoms with Gasteiger partial charge in [-0.15, -0.1) is 0 Å². The highest BCUT2D eigenvalue weighted by atomic mass is 16.2. The number of hydrogen-bond acceptors (Lipinski definition) is 2. The Hall–Kier alpha value is -1.79. The Balaban J connectivity index is 2.16. The molecule has 1 unspecified atom stereocenters. The van der Waals surface area contributed by atoms with Gasteiger partial charge in [-0.2, -0.15) is 0 Å². The maximum absolute atomic E-state index is 12.4. The minimum absolute atomic E-state index is 0.0640. The number of rotatable bonds is 3. The van der Waals surface area contributed by atoms with E-state index in [1.54, 1.807) is 0 Å². The first-order chi connectivity index (χ1) is 9.54. The molecule has 106 valence electrons. The van der Waals surface area contributed by atoms with Gasteiger partial charge >= 0.3 is 0 Å². The molecule has 2 rings (SSSR count). The Labute approximate surface area is 120 Å². The zero-order valence-electron chi connectivity index (χ0n) is 12.3. The van der Waals surface area contributed by atoms with Crippen LogP contribution in [0.25, 0.3) is 0 Å². The van der Waals surface area contributed by atoms with Crippen LogP contribution in [-0.4, -0.2) is 35.6 Å². The van der Waals surface area contributed by atoms with Crippen LogP contribution in [0.4, 0.5) is 0 Å². The van der Waals surface area contributed by atoms with Gasteiger partial charge in [-0.05, 0) is 56.4 Å². The highest BCUT2D eigenvalue weighted by Crippen LogP contribution is 2.35. The first-order valence-electron chi connectivity index (χ1n) is 7.02. The smallest absolute Gasteiger partial charge is 0.253 e. The molecule has 1 aromatic carbocycles. The lowest BCUT2D eigenvalue weighted by molar-refractivity contribution is 0.0727. The van der Waals surface area contributed by atoms with Crippen LogP contribution in [0.3, 0.4) is 0 Å². The van der Waals surface area contributed by atoms with Crippen LogP contribution >= 0.6 is 0 Å². The first kappa shape index (κ1) is 14.6.